The van der Waals surface area contributed by atoms with Crippen LogP contribution in [0.1, 0.15) is 17.2 Å². The number of hydrogen-bond donors (Lipinski definition) is 2. The van der Waals surface area contributed by atoms with Crippen molar-refractivity contribution in [2.45, 2.75) is 13.0 Å². The molecule has 0 aliphatic rings. The average Bonchev–Trinajstić information content (AvgIpc) is 2.47. The maximum Gasteiger partial charge on any atom is 0.333 e. The summed E-state index contributed by atoms with van der Waals surface area (Å²) in [7, 11) is 1.33. The lowest BCUT2D eigenvalue weighted by atomic mass is 10.0. The molecular weight excluding hydrogens is 254 g/mol. The zero-order valence-corrected chi connectivity index (χ0v) is 11.5. The van der Waals surface area contributed by atoms with Gasteiger partial charge in [0.1, 0.15) is 5.75 Å². The van der Waals surface area contributed by atoms with Gasteiger partial charge in [-0.3, -0.25) is 0 Å². The smallest absolute Gasteiger partial charge is 0.333 e. The molecule has 2 rings (SSSR count). The standard InChI is InChI=1S/C16H17NO3/c1-11-7-3-5-9-13(11)17-15(16(19)20-2)12-8-4-6-10-14(12)18/h3-10,15,17-18H,1-2H3. The summed E-state index contributed by atoms with van der Waals surface area (Å²) in [4.78, 5) is 12.0. The molecule has 2 aromatic carbocycles. The molecule has 0 aromatic heterocycles. The molecule has 0 bridgehead atoms. The number of carbonyl (C=O) groups excluding carboxylic acids is 1. The number of carbonyl (C=O) groups is 1. The van der Waals surface area contributed by atoms with Crippen molar-refractivity contribution >= 4 is 11.7 Å². The number of nitrogens with one attached hydrogen (secondary N) is 1. The van der Waals surface area contributed by atoms with Gasteiger partial charge in [0.25, 0.3) is 0 Å². The number of phenols is 1. The van der Waals surface area contributed by atoms with Gasteiger partial charge in [-0.15, -0.1) is 0 Å². The first kappa shape index (κ1) is 13.9. The molecule has 0 heterocycles. The van der Waals surface area contributed by atoms with E-state index >= 15 is 0 Å². The first-order valence-electron chi connectivity index (χ1n) is 6.31. The van der Waals surface area contributed by atoms with E-state index in [1.54, 1.807) is 24.3 Å². The zero-order chi connectivity index (χ0) is 14.5. The fourth-order valence-corrected chi connectivity index (χ4v) is 2.00. The van der Waals surface area contributed by atoms with E-state index < -0.39 is 12.0 Å². The summed E-state index contributed by atoms with van der Waals surface area (Å²) >= 11 is 0. The molecule has 0 spiro atoms. The number of aromatic hydroxyl groups is 1. The minimum Gasteiger partial charge on any atom is -0.508 e. The summed E-state index contributed by atoms with van der Waals surface area (Å²) in [5.41, 5.74) is 2.32. The minimum atomic E-state index is -0.748. The van der Waals surface area contributed by atoms with Gasteiger partial charge in [0, 0.05) is 11.3 Å². The van der Waals surface area contributed by atoms with Crippen LogP contribution in [0.15, 0.2) is 48.5 Å². The number of hydrogen-bond acceptors (Lipinski definition) is 4. The number of benzene rings is 2. The Labute approximate surface area is 118 Å². The number of ether oxygens (including phenoxy) is 1. The van der Waals surface area contributed by atoms with E-state index in [1.165, 1.54) is 7.11 Å². The van der Waals surface area contributed by atoms with Gasteiger partial charge < -0.3 is 15.2 Å². The first-order chi connectivity index (χ1) is 9.63. The van der Waals surface area contributed by atoms with Crippen molar-refractivity contribution in [3.63, 3.8) is 0 Å². The van der Waals surface area contributed by atoms with E-state index in [0.717, 1.165) is 11.3 Å². The molecule has 0 fully saturated rings. The zero-order valence-electron chi connectivity index (χ0n) is 11.5. The fraction of sp³-hybridized carbons (Fsp3) is 0.188. The SMILES string of the molecule is COC(=O)C(Nc1ccccc1C)c1ccccc1O. The maximum absolute atomic E-state index is 12.0. The Kier molecular flexibility index (Phi) is 4.25. The normalized spacial score (nSPS) is 11.7. The molecule has 2 aromatic rings. The fourth-order valence-electron chi connectivity index (χ4n) is 2.00. The van der Waals surface area contributed by atoms with Crippen LogP contribution in [-0.2, 0) is 9.53 Å². The first-order valence-corrected chi connectivity index (χ1v) is 6.31. The van der Waals surface area contributed by atoms with Crippen molar-refractivity contribution in [1.29, 1.82) is 0 Å². The Morgan fingerprint density at radius 2 is 1.80 bits per heavy atom. The van der Waals surface area contributed by atoms with Gasteiger partial charge in [-0.05, 0) is 24.6 Å². The topological polar surface area (TPSA) is 58.6 Å². The molecule has 1 atom stereocenters. The summed E-state index contributed by atoms with van der Waals surface area (Å²) in [6.45, 7) is 1.95. The third-order valence-electron chi connectivity index (χ3n) is 3.13. The van der Waals surface area contributed by atoms with Gasteiger partial charge in [-0.1, -0.05) is 36.4 Å². The van der Waals surface area contributed by atoms with Crippen molar-refractivity contribution in [3.8, 4) is 5.75 Å². The molecule has 4 nitrogen and oxygen atoms in total. The van der Waals surface area contributed by atoms with Crippen LogP contribution < -0.4 is 5.32 Å². The van der Waals surface area contributed by atoms with E-state index in [9.17, 15) is 9.90 Å². The Morgan fingerprint density at radius 1 is 1.15 bits per heavy atom. The molecular formula is C16H17NO3. The Morgan fingerprint density at radius 3 is 2.45 bits per heavy atom. The molecule has 0 saturated carbocycles. The van der Waals surface area contributed by atoms with Gasteiger partial charge in [0.05, 0.1) is 7.11 Å². The van der Waals surface area contributed by atoms with E-state index in [1.807, 2.05) is 31.2 Å². The number of methoxy groups -OCH3 is 1. The summed E-state index contributed by atoms with van der Waals surface area (Å²) in [6, 6.07) is 13.6. The Hall–Kier alpha value is -2.49. The van der Waals surface area contributed by atoms with E-state index in [0.29, 0.717) is 5.56 Å². The number of rotatable bonds is 4. The number of para-hydroxylation sites is 2. The Bertz CT molecular complexity index is 610. The van der Waals surface area contributed by atoms with Crippen molar-refractivity contribution in [2.75, 3.05) is 12.4 Å². The third kappa shape index (κ3) is 2.91. The van der Waals surface area contributed by atoms with Crippen molar-refractivity contribution in [1.82, 2.24) is 0 Å². The highest BCUT2D eigenvalue weighted by atomic mass is 16.5. The summed E-state index contributed by atoms with van der Waals surface area (Å²) in [5, 5.41) is 13.0. The second-order valence-electron chi connectivity index (χ2n) is 4.47. The second-order valence-corrected chi connectivity index (χ2v) is 4.47. The molecule has 0 aliphatic carbocycles. The monoisotopic (exact) mass is 271 g/mol. The van der Waals surface area contributed by atoms with E-state index in [-0.39, 0.29) is 5.75 Å². The highest BCUT2D eigenvalue weighted by molar-refractivity contribution is 5.82. The van der Waals surface area contributed by atoms with Crippen molar-refractivity contribution < 1.29 is 14.6 Å². The molecule has 1 unspecified atom stereocenters. The molecule has 0 amide bonds. The molecule has 2 N–H and O–H groups in total. The van der Waals surface area contributed by atoms with E-state index in [4.69, 9.17) is 4.74 Å². The number of anilines is 1. The van der Waals surface area contributed by atoms with Crippen LogP contribution in [0.2, 0.25) is 0 Å². The summed E-state index contributed by atoms with van der Waals surface area (Å²) in [6.07, 6.45) is 0. The molecule has 0 aliphatic heterocycles. The quantitative estimate of drug-likeness (QED) is 0.839. The molecule has 4 heteroatoms. The lowest BCUT2D eigenvalue weighted by Crippen LogP contribution is -2.22. The van der Waals surface area contributed by atoms with Gasteiger partial charge in [0.2, 0.25) is 0 Å². The molecule has 104 valence electrons. The second kappa shape index (κ2) is 6.10. The van der Waals surface area contributed by atoms with Crippen LogP contribution in [0.5, 0.6) is 5.75 Å². The molecule has 0 saturated heterocycles. The Balaban J connectivity index is 2.37. The van der Waals surface area contributed by atoms with Crippen molar-refractivity contribution in [3.05, 3.63) is 59.7 Å². The highest BCUT2D eigenvalue weighted by Gasteiger charge is 2.24. The van der Waals surface area contributed by atoms with Crippen LogP contribution in [0.3, 0.4) is 0 Å². The third-order valence-corrected chi connectivity index (χ3v) is 3.13. The van der Waals surface area contributed by atoms with Gasteiger partial charge in [-0.2, -0.15) is 0 Å². The summed E-state index contributed by atoms with van der Waals surface area (Å²) in [5.74, 6) is -0.390. The minimum absolute atomic E-state index is 0.0592. The summed E-state index contributed by atoms with van der Waals surface area (Å²) < 4.78 is 4.82. The van der Waals surface area contributed by atoms with Crippen LogP contribution in [0.25, 0.3) is 0 Å². The number of aryl methyl sites for hydroxylation is 1. The van der Waals surface area contributed by atoms with Crippen molar-refractivity contribution in [2.24, 2.45) is 0 Å². The lowest BCUT2D eigenvalue weighted by Gasteiger charge is -2.20. The lowest BCUT2D eigenvalue weighted by molar-refractivity contribution is -0.141. The van der Waals surface area contributed by atoms with Gasteiger partial charge in [0.15, 0.2) is 6.04 Å². The van der Waals surface area contributed by atoms with Crippen LogP contribution in [0.4, 0.5) is 5.69 Å². The largest absolute Gasteiger partial charge is 0.508 e. The van der Waals surface area contributed by atoms with Gasteiger partial charge in [-0.25, -0.2) is 4.79 Å². The predicted molar refractivity (Wildman–Crippen MR) is 77.7 cm³/mol. The number of phenolic OH excluding ortho intramolecular Hbond substituents is 1. The number of esters is 1. The highest BCUT2D eigenvalue weighted by Crippen LogP contribution is 2.28. The maximum atomic E-state index is 12.0. The van der Waals surface area contributed by atoms with E-state index in [2.05, 4.69) is 5.32 Å². The molecule has 20 heavy (non-hydrogen) atoms. The van der Waals surface area contributed by atoms with Crippen LogP contribution >= 0.6 is 0 Å². The predicted octanol–water partition coefficient (Wildman–Crippen LogP) is 3.03. The van der Waals surface area contributed by atoms with Crippen LogP contribution in [-0.4, -0.2) is 18.2 Å². The van der Waals surface area contributed by atoms with Crippen LogP contribution in [0, 0.1) is 6.92 Å². The molecule has 0 radical (unpaired) electrons. The van der Waals surface area contributed by atoms with Gasteiger partial charge >= 0.3 is 5.97 Å². The average molecular weight is 271 g/mol.